The Morgan fingerprint density at radius 2 is 1.96 bits per heavy atom. The third-order valence-electron chi connectivity index (χ3n) is 2.55. The van der Waals surface area contributed by atoms with Crippen molar-refractivity contribution in [3.05, 3.63) is 33.8 Å². The van der Waals surface area contributed by atoms with Crippen molar-refractivity contribution < 1.29 is 24.2 Å². The van der Waals surface area contributed by atoms with E-state index in [-0.39, 0.29) is 13.2 Å². The lowest BCUT2D eigenvalue weighted by atomic mass is 10.2. The summed E-state index contributed by atoms with van der Waals surface area (Å²) in [6, 6.07) is 3.67. The number of hydrogen-bond donors (Lipinski definition) is 2. The van der Waals surface area contributed by atoms with Crippen LogP contribution in [-0.2, 0) is 20.9 Å². The normalized spacial score (nSPS) is 12.6. The number of aliphatic carboxylic acids is 1. The third-order valence-corrected chi connectivity index (χ3v) is 3.13. The fraction of sp³-hybridized carbons (Fsp3) is 0.467. The maximum absolute atomic E-state index is 11.6. The molecule has 6 nitrogen and oxygen atoms in total. The van der Waals surface area contributed by atoms with E-state index in [1.807, 2.05) is 0 Å². The number of hydrogen-bond acceptors (Lipinski definition) is 4. The molecule has 128 valence electrons. The van der Waals surface area contributed by atoms with E-state index in [1.54, 1.807) is 39.0 Å². The first-order valence-corrected chi connectivity index (χ1v) is 7.58. The Balaban J connectivity index is 2.53. The Bertz CT molecular complexity index is 571. The van der Waals surface area contributed by atoms with Gasteiger partial charge in [0, 0.05) is 10.0 Å². The van der Waals surface area contributed by atoms with Gasteiger partial charge in [-0.2, -0.15) is 0 Å². The third kappa shape index (κ3) is 7.54. The first-order chi connectivity index (χ1) is 10.6. The standard InChI is InChI=1S/C15H19Cl2NO5/c1-15(2,3)23-14(21)18-12(13(19)20)8-22-7-9-4-5-10(16)6-11(9)17/h4-6,12H,7-8H2,1-3H3,(H,18,21)(H,19,20)/t12-/m1/s1. The largest absolute Gasteiger partial charge is 0.480 e. The molecular weight excluding hydrogens is 345 g/mol. The second kappa shape index (κ2) is 8.38. The molecule has 0 aliphatic heterocycles. The lowest BCUT2D eigenvalue weighted by Crippen LogP contribution is -2.46. The SMILES string of the molecule is CC(C)(C)OC(=O)N[C@H](COCc1ccc(Cl)cc1Cl)C(=O)O. The van der Waals surface area contributed by atoms with Gasteiger partial charge >= 0.3 is 12.1 Å². The van der Waals surface area contributed by atoms with Gasteiger partial charge < -0.3 is 19.9 Å². The predicted octanol–water partition coefficient (Wildman–Crippen LogP) is 3.49. The number of nitrogens with one attached hydrogen (secondary N) is 1. The highest BCUT2D eigenvalue weighted by Crippen LogP contribution is 2.21. The summed E-state index contributed by atoms with van der Waals surface area (Å²) in [5.41, 5.74) is -0.0531. The van der Waals surface area contributed by atoms with Gasteiger partial charge in [0.05, 0.1) is 13.2 Å². The van der Waals surface area contributed by atoms with Crippen molar-refractivity contribution in [2.45, 2.75) is 39.0 Å². The lowest BCUT2D eigenvalue weighted by molar-refractivity contribution is -0.141. The van der Waals surface area contributed by atoms with E-state index >= 15 is 0 Å². The second-order valence-corrected chi connectivity index (χ2v) is 6.63. The van der Waals surface area contributed by atoms with Gasteiger partial charge in [0.2, 0.25) is 0 Å². The minimum absolute atomic E-state index is 0.0930. The first-order valence-electron chi connectivity index (χ1n) is 6.82. The molecular formula is C15H19Cl2NO5. The Morgan fingerprint density at radius 1 is 1.30 bits per heavy atom. The summed E-state index contributed by atoms with van der Waals surface area (Å²) in [4.78, 5) is 22.8. The summed E-state index contributed by atoms with van der Waals surface area (Å²) in [6.07, 6.45) is -0.821. The Hall–Kier alpha value is -1.50. The zero-order valence-corrected chi connectivity index (χ0v) is 14.6. The molecule has 1 amide bonds. The van der Waals surface area contributed by atoms with Crippen molar-refractivity contribution in [3.63, 3.8) is 0 Å². The molecule has 0 aromatic heterocycles. The molecule has 1 aromatic carbocycles. The zero-order valence-electron chi connectivity index (χ0n) is 13.1. The number of alkyl carbamates (subject to hydrolysis) is 1. The first kappa shape index (κ1) is 19.5. The average Bonchev–Trinajstić information content (AvgIpc) is 2.37. The predicted molar refractivity (Wildman–Crippen MR) is 86.9 cm³/mol. The van der Waals surface area contributed by atoms with Crippen molar-refractivity contribution in [1.82, 2.24) is 5.32 Å². The number of halogens is 2. The van der Waals surface area contributed by atoms with Crippen LogP contribution in [0.1, 0.15) is 26.3 Å². The monoisotopic (exact) mass is 363 g/mol. The van der Waals surface area contributed by atoms with Crippen molar-refractivity contribution in [2.75, 3.05) is 6.61 Å². The van der Waals surface area contributed by atoms with Crippen LogP contribution in [0.4, 0.5) is 4.79 Å². The van der Waals surface area contributed by atoms with Crippen LogP contribution in [0.3, 0.4) is 0 Å². The summed E-state index contributed by atoms with van der Waals surface area (Å²) in [5.74, 6) is -1.22. The summed E-state index contributed by atoms with van der Waals surface area (Å²) in [5, 5.41) is 12.3. The number of rotatable bonds is 6. The summed E-state index contributed by atoms with van der Waals surface area (Å²) >= 11 is 11.8. The molecule has 23 heavy (non-hydrogen) atoms. The zero-order chi connectivity index (χ0) is 17.6. The van der Waals surface area contributed by atoms with Gasteiger partial charge in [-0.25, -0.2) is 9.59 Å². The van der Waals surface area contributed by atoms with E-state index < -0.39 is 23.7 Å². The van der Waals surface area contributed by atoms with Crippen LogP contribution in [-0.4, -0.2) is 35.4 Å². The highest BCUT2D eigenvalue weighted by atomic mass is 35.5. The molecule has 0 radical (unpaired) electrons. The average molecular weight is 364 g/mol. The summed E-state index contributed by atoms with van der Waals surface area (Å²) < 4.78 is 10.3. The number of carbonyl (C=O) groups excluding carboxylic acids is 1. The summed E-state index contributed by atoms with van der Waals surface area (Å²) in [6.45, 7) is 4.91. The molecule has 0 saturated carbocycles. The number of benzene rings is 1. The molecule has 8 heteroatoms. The Morgan fingerprint density at radius 3 is 2.48 bits per heavy atom. The highest BCUT2D eigenvalue weighted by Gasteiger charge is 2.24. The molecule has 0 heterocycles. The molecule has 0 saturated heterocycles. The molecule has 1 rings (SSSR count). The van der Waals surface area contributed by atoms with Crippen molar-refractivity contribution in [3.8, 4) is 0 Å². The number of amides is 1. The van der Waals surface area contributed by atoms with E-state index in [9.17, 15) is 9.59 Å². The molecule has 1 atom stereocenters. The van der Waals surface area contributed by atoms with Gasteiger partial charge in [-0.15, -0.1) is 0 Å². The highest BCUT2D eigenvalue weighted by molar-refractivity contribution is 6.35. The lowest BCUT2D eigenvalue weighted by Gasteiger charge is -2.22. The second-order valence-electron chi connectivity index (χ2n) is 5.79. The quantitative estimate of drug-likeness (QED) is 0.807. The maximum Gasteiger partial charge on any atom is 0.408 e. The number of carboxylic acids is 1. The van der Waals surface area contributed by atoms with Crippen LogP contribution in [0.25, 0.3) is 0 Å². The molecule has 0 aliphatic rings. The van der Waals surface area contributed by atoms with Crippen molar-refractivity contribution in [1.29, 1.82) is 0 Å². The molecule has 0 unspecified atom stereocenters. The van der Waals surface area contributed by atoms with Gasteiger partial charge in [-0.1, -0.05) is 29.3 Å². The van der Waals surface area contributed by atoms with Crippen molar-refractivity contribution in [2.24, 2.45) is 0 Å². The number of ether oxygens (including phenoxy) is 2. The smallest absolute Gasteiger partial charge is 0.408 e. The van der Waals surface area contributed by atoms with Gasteiger partial charge in [0.1, 0.15) is 5.60 Å². The minimum Gasteiger partial charge on any atom is -0.480 e. The van der Waals surface area contributed by atoms with E-state index in [4.69, 9.17) is 37.8 Å². The van der Waals surface area contributed by atoms with Crippen LogP contribution in [0, 0.1) is 0 Å². The van der Waals surface area contributed by atoms with Crippen LogP contribution >= 0.6 is 23.2 Å². The van der Waals surface area contributed by atoms with Crippen LogP contribution in [0.2, 0.25) is 10.0 Å². The van der Waals surface area contributed by atoms with Gasteiger partial charge in [0.15, 0.2) is 6.04 Å². The molecule has 2 N–H and O–H groups in total. The van der Waals surface area contributed by atoms with E-state index in [0.717, 1.165) is 0 Å². The van der Waals surface area contributed by atoms with Gasteiger partial charge in [0.25, 0.3) is 0 Å². The van der Waals surface area contributed by atoms with Crippen molar-refractivity contribution >= 4 is 35.3 Å². The number of carboxylic acid groups (broad SMARTS) is 1. The van der Waals surface area contributed by atoms with Crippen LogP contribution in [0.15, 0.2) is 18.2 Å². The molecule has 0 aliphatic carbocycles. The molecule has 0 bridgehead atoms. The Kier molecular flexibility index (Phi) is 7.12. The molecule has 0 spiro atoms. The minimum atomic E-state index is -1.23. The topological polar surface area (TPSA) is 84.9 Å². The van der Waals surface area contributed by atoms with E-state index in [0.29, 0.717) is 15.6 Å². The maximum atomic E-state index is 11.6. The van der Waals surface area contributed by atoms with Crippen LogP contribution < -0.4 is 5.32 Å². The molecule has 1 aromatic rings. The van der Waals surface area contributed by atoms with Gasteiger partial charge in [-0.3, -0.25) is 0 Å². The van der Waals surface area contributed by atoms with Gasteiger partial charge in [-0.05, 0) is 38.5 Å². The van der Waals surface area contributed by atoms with Crippen LogP contribution in [0.5, 0.6) is 0 Å². The summed E-state index contributed by atoms with van der Waals surface area (Å²) in [7, 11) is 0. The number of carbonyl (C=O) groups is 2. The Labute approximate surface area is 144 Å². The van der Waals surface area contributed by atoms with E-state index in [1.165, 1.54) is 0 Å². The van der Waals surface area contributed by atoms with E-state index in [2.05, 4.69) is 5.32 Å². The molecule has 0 fully saturated rings. The fourth-order valence-corrected chi connectivity index (χ4v) is 2.01. The fourth-order valence-electron chi connectivity index (χ4n) is 1.55.